The van der Waals surface area contributed by atoms with E-state index in [1.807, 2.05) is 0 Å². The van der Waals surface area contributed by atoms with E-state index in [4.69, 9.17) is 4.18 Å². The minimum atomic E-state index is -3.96. The summed E-state index contributed by atoms with van der Waals surface area (Å²) in [4.78, 5) is 22.1. The second-order valence-corrected chi connectivity index (χ2v) is 7.86. The van der Waals surface area contributed by atoms with Crippen LogP contribution in [0, 0.1) is 10.1 Å². The van der Waals surface area contributed by atoms with E-state index in [0.29, 0.717) is 11.1 Å². The number of benzene rings is 3. The molecule has 0 aliphatic rings. The molecule has 0 heterocycles. The molecule has 0 radical (unpaired) electrons. The van der Waals surface area contributed by atoms with Crippen LogP contribution in [0.15, 0.2) is 88.9 Å². The van der Waals surface area contributed by atoms with Crippen molar-refractivity contribution in [3.05, 3.63) is 100 Å². The molecule has 0 fully saturated rings. The predicted molar refractivity (Wildman–Crippen MR) is 113 cm³/mol. The highest BCUT2D eigenvalue weighted by Gasteiger charge is 2.16. The molecule has 1 amide bonds. The number of carbonyl (C=O) groups is 1. The number of nitrogens with zero attached hydrogens (tertiary/aromatic N) is 2. The van der Waals surface area contributed by atoms with Crippen LogP contribution in [0.1, 0.15) is 11.1 Å². The first-order valence-corrected chi connectivity index (χ1v) is 10.4. The Hall–Kier alpha value is -4.05. The van der Waals surface area contributed by atoms with Crippen LogP contribution in [0.2, 0.25) is 0 Å². The summed E-state index contributed by atoms with van der Waals surface area (Å²) in [6, 6.07) is 19.6. The van der Waals surface area contributed by atoms with Gasteiger partial charge in [-0.25, -0.2) is 5.43 Å². The highest BCUT2D eigenvalue weighted by Crippen LogP contribution is 2.19. The third kappa shape index (κ3) is 6.21. The van der Waals surface area contributed by atoms with Crippen molar-refractivity contribution in [3.63, 3.8) is 0 Å². The summed E-state index contributed by atoms with van der Waals surface area (Å²) in [5.74, 6) is -0.311. The maximum absolute atomic E-state index is 12.3. The van der Waals surface area contributed by atoms with Gasteiger partial charge in [-0.3, -0.25) is 14.9 Å². The van der Waals surface area contributed by atoms with Gasteiger partial charge in [0.25, 0.3) is 5.69 Å². The van der Waals surface area contributed by atoms with E-state index in [2.05, 4.69) is 10.5 Å². The van der Waals surface area contributed by atoms with Gasteiger partial charge >= 0.3 is 10.1 Å². The molecule has 31 heavy (non-hydrogen) atoms. The summed E-state index contributed by atoms with van der Waals surface area (Å²) < 4.78 is 29.7. The summed E-state index contributed by atoms with van der Waals surface area (Å²) in [7, 11) is -3.96. The second kappa shape index (κ2) is 9.63. The Morgan fingerprint density at radius 2 is 1.74 bits per heavy atom. The van der Waals surface area contributed by atoms with Crippen molar-refractivity contribution in [1.29, 1.82) is 0 Å². The fourth-order valence-electron chi connectivity index (χ4n) is 2.55. The minimum absolute atomic E-state index is 0.00615. The van der Waals surface area contributed by atoms with E-state index in [1.54, 1.807) is 30.3 Å². The average molecular weight is 439 g/mol. The third-order valence-electron chi connectivity index (χ3n) is 4.01. The molecule has 0 atom stereocenters. The van der Waals surface area contributed by atoms with Gasteiger partial charge in [-0.15, -0.1) is 0 Å². The molecule has 10 heteroatoms. The van der Waals surface area contributed by atoms with Crippen molar-refractivity contribution in [2.75, 3.05) is 0 Å². The number of nitrogens with one attached hydrogen (secondary N) is 1. The van der Waals surface area contributed by atoms with Gasteiger partial charge in [0.15, 0.2) is 0 Å². The van der Waals surface area contributed by atoms with Crippen molar-refractivity contribution in [1.82, 2.24) is 5.43 Å². The lowest BCUT2D eigenvalue weighted by molar-refractivity contribution is -0.384. The van der Waals surface area contributed by atoms with Crippen LogP contribution in [0.25, 0.3) is 0 Å². The molecular formula is C21H17N3O6S. The first kappa shape index (κ1) is 21.7. The molecule has 0 bridgehead atoms. The molecule has 3 aromatic rings. The monoisotopic (exact) mass is 439 g/mol. The Balaban J connectivity index is 1.59. The Bertz CT molecular complexity index is 1210. The number of non-ortho nitro benzene ring substituents is 1. The fraction of sp³-hybridized carbons (Fsp3) is 0.0476. The molecule has 9 nitrogen and oxygen atoms in total. The topological polar surface area (TPSA) is 128 Å². The first-order chi connectivity index (χ1) is 14.8. The van der Waals surface area contributed by atoms with Crippen molar-refractivity contribution in [3.8, 4) is 5.75 Å². The van der Waals surface area contributed by atoms with Gasteiger partial charge in [0, 0.05) is 12.1 Å². The number of carbonyl (C=O) groups excluding carboxylic acids is 1. The SMILES string of the molecule is O=C(Cc1ccc([N+](=O)[O-])cc1)N/N=C\c1cccc(OS(=O)(=O)c2ccccc2)c1. The fourth-order valence-corrected chi connectivity index (χ4v) is 3.49. The molecule has 3 rings (SSSR count). The molecule has 0 unspecified atom stereocenters. The van der Waals surface area contributed by atoms with Crippen molar-refractivity contribution in [2.24, 2.45) is 5.10 Å². The van der Waals surface area contributed by atoms with Gasteiger partial charge < -0.3 is 4.18 Å². The van der Waals surface area contributed by atoms with Crippen LogP contribution in [0.4, 0.5) is 5.69 Å². The molecule has 0 aliphatic carbocycles. The van der Waals surface area contributed by atoms with E-state index in [9.17, 15) is 23.3 Å². The number of rotatable bonds is 8. The summed E-state index contributed by atoms with van der Waals surface area (Å²) >= 11 is 0. The lowest BCUT2D eigenvalue weighted by Gasteiger charge is -2.07. The van der Waals surface area contributed by atoms with E-state index < -0.39 is 20.9 Å². The summed E-state index contributed by atoms with van der Waals surface area (Å²) in [5.41, 5.74) is 3.40. The van der Waals surface area contributed by atoms with Crippen LogP contribution in [-0.4, -0.2) is 25.5 Å². The average Bonchev–Trinajstić information content (AvgIpc) is 2.75. The van der Waals surface area contributed by atoms with Crippen LogP contribution in [-0.2, 0) is 21.3 Å². The molecule has 0 aromatic heterocycles. The highest BCUT2D eigenvalue weighted by molar-refractivity contribution is 7.87. The zero-order valence-corrected chi connectivity index (χ0v) is 16.9. The van der Waals surface area contributed by atoms with Crippen LogP contribution in [0.5, 0.6) is 5.75 Å². The Labute approximate surface area is 178 Å². The maximum atomic E-state index is 12.3. The molecule has 0 saturated heterocycles. The van der Waals surface area contributed by atoms with Crippen LogP contribution < -0.4 is 9.61 Å². The number of hydrazone groups is 1. The number of amides is 1. The lowest BCUT2D eigenvalue weighted by atomic mass is 10.1. The zero-order chi connectivity index (χ0) is 22.3. The molecule has 0 aliphatic heterocycles. The Morgan fingerprint density at radius 3 is 2.42 bits per heavy atom. The van der Waals surface area contributed by atoms with Gasteiger partial charge in [-0.1, -0.05) is 42.5 Å². The Kier molecular flexibility index (Phi) is 6.73. The molecule has 0 saturated carbocycles. The number of nitro groups is 1. The number of nitro benzene ring substituents is 1. The Morgan fingerprint density at radius 1 is 1.03 bits per heavy atom. The second-order valence-electron chi connectivity index (χ2n) is 6.32. The highest BCUT2D eigenvalue weighted by atomic mass is 32.2. The van der Waals surface area contributed by atoms with Gasteiger partial charge in [-0.05, 0) is 35.4 Å². The predicted octanol–water partition coefficient (Wildman–Crippen LogP) is 3.06. The summed E-state index contributed by atoms with van der Waals surface area (Å²) in [5, 5.41) is 14.5. The first-order valence-electron chi connectivity index (χ1n) is 8.98. The van der Waals surface area contributed by atoms with Crippen molar-refractivity contribution < 1.29 is 22.3 Å². The van der Waals surface area contributed by atoms with Gasteiger partial charge in [0.05, 0.1) is 17.6 Å². The summed E-state index contributed by atoms with van der Waals surface area (Å²) in [6.07, 6.45) is 1.34. The van der Waals surface area contributed by atoms with E-state index in [0.717, 1.165) is 0 Å². The zero-order valence-electron chi connectivity index (χ0n) is 16.0. The quantitative estimate of drug-likeness (QED) is 0.249. The van der Waals surface area contributed by atoms with Gasteiger partial charge in [-0.2, -0.15) is 13.5 Å². The molecule has 0 spiro atoms. The van der Waals surface area contributed by atoms with E-state index in [-0.39, 0.29) is 22.8 Å². The normalized spacial score (nSPS) is 11.2. The molecule has 1 N–H and O–H groups in total. The molecular weight excluding hydrogens is 422 g/mol. The molecule has 3 aromatic carbocycles. The van der Waals surface area contributed by atoms with Crippen LogP contribution >= 0.6 is 0 Å². The standard InChI is InChI=1S/C21H17N3O6S/c25-21(14-16-9-11-18(12-10-16)24(26)27)23-22-15-17-5-4-6-19(13-17)30-31(28,29)20-7-2-1-3-8-20/h1-13,15H,14H2,(H,23,25)/b22-15-. The number of hydrogen-bond acceptors (Lipinski definition) is 7. The largest absolute Gasteiger partial charge is 0.379 e. The van der Waals surface area contributed by atoms with E-state index in [1.165, 1.54) is 54.7 Å². The summed E-state index contributed by atoms with van der Waals surface area (Å²) in [6.45, 7) is 0. The van der Waals surface area contributed by atoms with Crippen LogP contribution in [0.3, 0.4) is 0 Å². The van der Waals surface area contributed by atoms with Crippen molar-refractivity contribution in [2.45, 2.75) is 11.3 Å². The minimum Gasteiger partial charge on any atom is -0.379 e. The smallest absolute Gasteiger partial charge is 0.339 e. The van der Waals surface area contributed by atoms with Crippen molar-refractivity contribution >= 4 is 27.9 Å². The lowest BCUT2D eigenvalue weighted by Crippen LogP contribution is -2.19. The maximum Gasteiger partial charge on any atom is 0.339 e. The molecule has 158 valence electrons. The van der Waals surface area contributed by atoms with Gasteiger partial charge in [0.2, 0.25) is 5.91 Å². The third-order valence-corrected chi connectivity index (χ3v) is 5.27. The number of hydrogen-bond donors (Lipinski definition) is 1. The van der Waals surface area contributed by atoms with Gasteiger partial charge in [0.1, 0.15) is 10.6 Å². The van der Waals surface area contributed by atoms with E-state index >= 15 is 0 Å².